The van der Waals surface area contributed by atoms with Gasteiger partial charge in [-0.25, -0.2) is 0 Å². The van der Waals surface area contributed by atoms with Crippen LogP contribution in [0.2, 0.25) is 0 Å². The van der Waals surface area contributed by atoms with E-state index in [2.05, 4.69) is 31.5 Å². The highest BCUT2D eigenvalue weighted by Gasteiger charge is 2.12. The Bertz CT molecular complexity index is 993. The summed E-state index contributed by atoms with van der Waals surface area (Å²) in [6.07, 6.45) is 6.80. The third-order valence-corrected chi connectivity index (χ3v) is 5.66. The first-order valence-corrected chi connectivity index (χ1v) is 10.9. The third-order valence-electron chi connectivity index (χ3n) is 5.66. The number of aryl methyl sites for hydroxylation is 2. The number of aromatic amines is 1. The van der Waals surface area contributed by atoms with Crippen molar-refractivity contribution >= 4 is 11.7 Å². The van der Waals surface area contributed by atoms with Crippen LogP contribution in [-0.2, 0) is 19.3 Å². The molecule has 7 heteroatoms. The Morgan fingerprint density at radius 1 is 1.13 bits per heavy atom. The van der Waals surface area contributed by atoms with Crippen LogP contribution in [0, 0.1) is 0 Å². The molecule has 4 rings (SSSR count). The molecule has 0 unspecified atom stereocenters. The number of amides is 1. The Kier molecular flexibility index (Phi) is 6.94. The fourth-order valence-electron chi connectivity index (χ4n) is 3.83. The van der Waals surface area contributed by atoms with Crippen molar-refractivity contribution in [2.75, 3.05) is 32.1 Å². The second-order valence-electron chi connectivity index (χ2n) is 7.92. The first-order chi connectivity index (χ1) is 15.2. The monoisotopic (exact) mass is 419 g/mol. The van der Waals surface area contributed by atoms with Crippen LogP contribution in [0.3, 0.4) is 0 Å². The number of nitrogens with zero attached hydrogens (tertiary/aromatic N) is 3. The Morgan fingerprint density at radius 2 is 2.00 bits per heavy atom. The fourth-order valence-corrected chi connectivity index (χ4v) is 3.83. The Balaban J connectivity index is 1.27. The maximum absolute atomic E-state index is 12.5. The summed E-state index contributed by atoms with van der Waals surface area (Å²) < 4.78 is 5.27. The maximum Gasteiger partial charge on any atom is 0.258 e. The SMILES string of the molecule is COc1cccc(CCc2cc(NC(=O)c3ccc(CCN4CCCC4)nc3)n[nH]2)c1. The molecule has 1 aliphatic rings. The molecule has 1 aliphatic heterocycles. The molecule has 0 aliphatic carbocycles. The standard InChI is InChI=1S/C24H29N5O2/c1-31-22-6-4-5-18(15-22)7-9-21-16-23(28-27-21)26-24(30)19-8-10-20(25-17-19)11-14-29-12-2-3-13-29/h4-6,8,10,15-17H,2-3,7,9,11-14H2,1H3,(H2,26,27,28,30). The minimum atomic E-state index is -0.204. The van der Waals surface area contributed by atoms with Gasteiger partial charge in [-0.05, 0) is 68.6 Å². The van der Waals surface area contributed by atoms with Gasteiger partial charge in [-0.1, -0.05) is 12.1 Å². The molecule has 1 fully saturated rings. The van der Waals surface area contributed by atoms with Gasteiger partial charge in [0.05, 0.1) is 12.7 Å². The van der Waals surface area contributed by atoms with Gasteiger partial charge in [0.1, 0.15) is 5.75 Å². The van der Waals surface area contributed by atoms with E-state index in [1.54, 1.807) is 13.3 Å². The molecular formula is C24H29N5O2. The van der Waals surface area contributed by atoms with Gasteiger partial charge < -0.3 is 15.0 Å². The van der Waals surface area contributed by atoms with Crippen molar-refractivity contribution in [2.45, 2.75) is 32.1 Å². The number of nitrogens with one attached hydrogen (secondary N) is 2. The molecule has 3 heterocycles. The first kappa shape index (κ1) is 21.1. The number of methoxy groups -OCH3 is 1. The zero-order chi connectivity index (χ0) is 21.5. The number of anilines is 1. The van der Waals surface area contributed by atoms with Crippen molar-refractivity contribution < 1.29 is 9.53 Å². The van der Waals surface area contributed by atoms with E-state index in [9.17, 15) is 4.79 Å². The molecule has 1 aromatic carbocycles. The number of likely N-dealkylation sites (tertiary alicyclic amines) is 1. The van der Waals surface area contributed by atoms with Crippen LogP contribution in [0.4, 0.5) is 5.82 Å². The summed E-state index contributed by atoms with van der Waals surface area (Å²) in [4.78, 5) is 19.4. The van der Waals surface area contributed by atoms with E-state index < -0.39 is 0 Å². The van der Waals surface area contributed by atoms with Crippen molar-refractivity contribution in [3.05, 3.63) is 71.2 Å². The molecule has 3 aromatic rings. The highest BCUT2D eigenvalue weighted by molar-refractivity contribution is 6.03. The topological polar surface area (TPSA) is 83.1 Å². The first-order valence-electron chi connectivity index (χ1n) is 10.9. The maximum atomic E-state index is 12.5. The minimum Gasteiger partial charge on any atom is -0.497 e. The van der Waals surface area contributed by atoms with Crippen molar-refractivity contribution in [3.63, 3.8) is 0 Å². The number of rotatable bonds is 9. The highest BCUT2D eigenvalue weighted by Crippen LogP contribution is 2.16. The highest BCUT2D eigenvalue weighted by atomic mass is 16.5. The lowest BCUT2D eigenvalue weighted by atomic mass is 10.1. The third kappa shape index (κ3) is 5.92. The molecule has 0 saturated carbocycles. The summed E-state index contributed by atoms with van der Waals surface area (Å²) in [6, 6.07) is 13.7. The molecule has 1 saturated heterocycles. The van der Waals surface area contributed by atoms with Crippen molar-refractivity contribution in [1.29, 1.82) is 0 Å². The van der Waals surface area contributed by atoms with Crippen molar-refractivity contribution in [1.82, 2.24) is 20.1 Å². The van der Waals surface area contributed by atoms with Gasteiger partial charge in [-0.2, -0.15) is 5.10 Å². The predicted octanol–water partition coefficient (Wildman–Crippen LogP) is 3.49. The van der Waals surface area contributed by atoms with Crippen LogP contribution >= 0.6 is 0 Å². The minimum absolute atomic E-state index is 0.204. The molecule has 2 aromatic heterocycles. The lowest BCUT2D eigenvalue weighted by molar-refractivity contribution is 0.102. The number of aromatic nitrogens is 3. The van der Waals surface area contributed by atoms with E-state index in [0.717, 1.165) is 42.9 Å². The number of pyridine rings is 1. The Morgan fingerprint density at radius 3 is 2.77 bits per heavy atom. The van der Waals surface area contributed by atoms with Crippen LogP contribution in [0.5, 0.6) is 5.75 Å². The summed E-state index contributed by atoms with van der Waals surface area (Å²) in [5, 5.41) is 10.1. The number of ether oxygens (including phenoxy) is 1. The molecule has 2 N–H and O–H groups in total. The van der Waals surface area contributed by atoms with E-state index in [0.29, 0.717) is 11.4 Å². The number of hydrogen-bond acceptors (Lipinski definition) is 5. The van der Waals surface area contributed by atoms with Gasteiger partial charge in [0.15, 0.2) is 5.82 Å². The van der Waals surface area contributed by atoms with E-state index >= 15 is 0 Å². The summed E-state index contributed by atoms with van der Waals surface area (Å²) in [7, 11) is 1.67. The van der Waals surface area contributed by atoms with Crippen molar-refractivity contribution in [3.8, 4) is 5.75 Å². The van der Waals surface area contributed by atoms with Gasteiger partial charge >= 0.3 is 0 Å². The van der Waals surface area contributed by atoms with Crippen LogP contribution in [0.1, 0.15) is 40.2 Å². The van der Waals surface area contributed by atoms with Gasteiger partial charge in [-0.15, -0.1) is 0 Å². The largest absolute Gasteiger partial charge is 0.497 e. The molecule has 1 amide bonds. The molecule has 162 valence electrons. The molecular weight excluding hydrogens is 390 g/mol. The number of H-pyrrole nitrogens is 1. The van der Waals surface area contributed by atoms with Gasteiger partial charge in [0.25, 0.3) is 5.91 Å². The zero-order valence-corrected chi connectivity index (χ0v) is 17.9. The van der Waals surface area contributed by atoms with E-state index in [-0.39, 0.29) is 5.91 Å². The van der Waals surface area contributed by atoms with E-state index in [1.165, 1.54) is 31.5 Å². The Labute approximate surface area is 182 Å². The fraction of sp³-hybridized carbons (Fsp3) is 0.375. The molecule has 31 heavy (non-hydrogen) atoms. The lowest BCUT2D eigenvalue weighted by Crippen LogP contribution is -2.22. The number of carbonyl (C=O) groups is 1. The molecule has 0 spiro atoms. The van der Waals surface area contributed by atoms with Crippen molar-refractivity contribution in [2.24, 2.45) is 0 Å². The smallest absolute Gasteiger partial charge is 0.258 e. The average Bonchev–Trinajstić information content (AvgIpc) is 3.49. The zero-order valence-electron chi connectivity index (χ0n) is 17.9. The van der Waals surface area contributed by atoms with Crippen LogP contribution in [0.25, 0.3) is 0 Å². The lowest BCUT2D eigenvalue weighted by Gasteiger charge is -2.13. The quantitative estimate of drug-likeness (QED) is 0.555. The van der Waals surface area contributed by atoms with E-state index in [1.807, 2.05) is 36.4 Å². The summed E-state index contributed by atoms with van der Waals surface area (Å²) >= 11 is 0. The van der Waals surface area contributed by atoms with Gasteiger partial charge in [-0.3, -0.25) is 14.9 Å². The Hall–Kier alpha value is -3.19. The van der Waals surface area contributed by atoms with Gasteiger partial charge in [0.2, 0.25) is 0 Å². The summed E-state index contributed by atoms with van der Waals surface area (Å²) in [6.45, 7) is 3.40. The average molecular weight is 420 g/mol. The summed E-state index contributed by atoms with van der Waals surface area (Å²) in [5.41, 5.74) is 3.71. The predicted molar refractivity (Wildman–Crippen MR) is 121 cm³/mol. The second kappa shape index (κ2) is 10.2. The normalized spacial score (nSPS) is 14.0. The van der Waals surface area contributed by atoms with Crippen LogP contribution < -0.4 is 10.1 Å². The summed E-state index contributed by atoms with van der Waals surface area (Å²) in [5.74, 6) is 1.17. The second-order valence-corrected chi connectivity index (χ2v) is 7.92. The van der Waals surface area contributed by atoms with Crippen LogP contribution in [0.15, 0.2) is 48.7 Å². The molecule has 7 nitrogen and oxygen atoms in total. The van der Waals surface area contributed by atoms with Gasteiger partial charge in [0, 0.05) is 36.6 Å². The molecule has 0 bridgehead atoms. The molecule has 0 radical (unpaired) electrons. The van der Waals surface area contributed by atoms with E-state index in [4.69, 9.17) is 4.74 Å². The number of hydrogen-bond donors (Lipinski definition) is 2. The van der Waals surface area contributed by atoms with Crippen LogP contribution in [-0.4, -0.2) is 52.7 Å². The number of benzene rings is 1. The molecule has 0 atom stereocenters. The number of carbonyl (C=O) groups excluding carboxylic acids is 1.